The number of carbonyl (C=O) groups excluding carboxylic acids is 3. The summed E-state index contributed by atoms with van der Waals surface area (Å²) in [5, 5.41) is 3.20. The highest BCUT2D eigenvalue weighted by atomic mass is 79.9. The summed E-state index contributed by atoms with van der Waals surface area (Å²) in [6, 6.07) is 3.07. The number of nitrogens with two attached hydrogens (primary N) is 3. The van der Waals surface area contributed by atoms with Crippen molar-refractivity contribution in [2.45, 2.75) is 74.2 Å². The molecule has 2 aliphatic heterocycles. The van der Waals surface area contributed by atoms with Crippen LogP contribution in [0.5, 0.6) is 11.5 Å². The van der Waals surface area contributed by atoms with Crippen molar-refractivity contribution in [1.29, 1.82) is 0 Å². The van der Waals surface area contributed by atoms with Crippen LogP contribution in [0.2, 0.25) is 0 Å². The van der Waals surface area contributed by atoms with Crippen molar-refractivity contribution >= 4 is 62.5 Å². The van der Waals surface area contributed by atoms with Gasteiger partial charge >= 0.3 is 5.97 Å². The van der Waals surface area contributed by atoms with Gasteiger partial charge in [0.25, 0.3) is 5.91 Å². The Morgan fingerprint density at radius 1 is 1.17 bits per heavy atom. The minimum atomic E-state index is -0.966. The van der Waals surface area contributed by atoms with E-state index >= 15 is 0 Å². The first-order valence-corrected chi connectivity index (χ1v) is 17.2. The largest absolute Gasteiger partial charge is 0.454 e. The van der Waals surface area contributed by atoms with Crippen molar-refractivity contribution in [3.05, 3.63) is 22.9 Å². The third-order valence-electron chi connectivity index (χ3n) is 8.21. The first-order valence-electron chi connectivity index (χ1n) is 15.6. The molecule has 47 heavy (non-hydrogen) atoms. The highest BCUT2D eigenvalue weighted by molar-refractivity contribution is 9.10. The van der Waals surface area contributed by atoms with E-state index in [4.69, 9.17) is 36.4 Å². The molecule has 15 nitrogen and oxygen atoms in total. The van der Waals surface area contributed by atoms with Crippen LogP contribution < -0.4 is 32.0 Å². The maximum Gasteiger partial charge on any atom is 0.326 e. The van der Waals surface area contributed by atoms with Crippen molar-refractivity contribution in [1.82, 2.24) is 29.7 Å². The van der Waals surface area contributed by atoms with E-state index in [-0.39, 0.29) is 19.2 Å². The van der Waals surface area contributed by atoms with Crippen molar-refractivity contribution in [2.24, 2.45) is 17.4 Å². The Morgan fingerprint density at radius 2 is 1.91 bits per heavy atom. The second kappa shape index (κ2) is 16.0. The minimum absolute atomic E-state index is 0.181. The third-order valence-corrected chi connectivity index (χ3v) is 10.2. The van der Waals surface area contributed by atoms with Crippen LogP contribution in [-0.2, 0) is 25.7 Å². The van der Waals surface area contributed by atoms with Crippen LogP contribution >= 0.6 is 27.7 Å². The summed E-state index contributed by atoms with van der Waals surface area (Å²) in [5.74, 6) is 0.625. The molecular weight excluding hydrogens is 694 g/mol. The fourth-order valence-corrected chi connectivity index (χ4v) is 7.03. The van der Waals surface area contributed by atoms with Crippen LogP contribution in [0, 0.1) is 5.92 Å². The molecule has 1 saturated heterocycles. The number of anilines is 1. The summed E-state index contributed by atoms with van der Waals surface area (Å²) in [6.45, 7) is 3.64. The Labute approximate surface area is 284 Å². The number of hydrogen-bond acceptors (Lipinski definition) is 13. The number of imidazole rings is 1. The zero-order valence-corrected chi connectivity index (χ0v) is 28.6. The number of halogens is 1. The molecule has 0 bridgehead atoms. The van der Waals surface area contributed by atoms with Crippen molar-refractivity contribution in [3.63, 3.8) is 0 Å². The van der Waals surface area contributed by atoms with Gasteiger partial charge in [0, 0.05) is 29.0 Å². The average Bonchev–Trinajstić information content (AvgIpc) is 3.67. The van der Waals surface area contributed by atoms with Crippen molar-refractivity contribution < 1.29 is 28.6 Å². The number of fused-ring (bicyclic) bond motifs is 2. The summed E-state index contributed by atoms with van der Waals surface area (Å²) >= 11 is 5.10. The van der Waals surface area contributed by atoms with E-state index in [1.165, 1.54) is 18.1 Å². The molecule has 4 heterocycles. The lowest BCUT2D eigenvalue weighted by molar-refractivity contribution is -0.159. The molecule has 5 rings (SSSR count). The number of benzene rings is 1. The minimum Gasteiger partial charge on any atom is -0.454 e. The average molecular weight is 735 g/mol. The van der Waals surface area contributed by atoms with Gasteiger partial charge in [-0.3, -0.25) is 14.4 Å². The van der Waals surface area contributed by atoms with Gasteiger partial charge in [-0.05, 0) is 79.6 Å². The molecule has 7 N–H and O–H groups in total. The number of aromatic nitrogens is 4. The Kier molecular flexibility index (Phi) is 11.8. The van der Waals surface area contributed by atoms with E-state index in [9.17, 15) is 14.4 Å². The van der Waals surface area contributed by atoms with Crippen LogP contribution in [0.1, 0.15) is 45.4 Å². The van der Waals surface area contributed by atoms with E-state index < -0.39 is 24.0 Å². The molecule has 2 atom stereocenters. The summed E-state index contributed by atoms with van der Waals surface area (Å²) in [6.07, 6.45) is 4.88. The van der Waals surface area contributed by atoms with Crippen LogP contribution in [-0.4, -0.2) is 87.3 Å². The fourth-order valence-electron chi connectivity index (χ4n) is 5.52. The van der Waals surface area contributed by atoms with E-state index in [1.807, 2.05) is 12.1 Å². The lowest BCUT2D eigenvalue weighted by Gasteiger charge is -2.33. The molecule has 2 amide bonds. The number of nitrogens with one attached hydrogen (secondary N) is 1. The quantitative estimate of drug-likeness (QED) is 0.138. The fraction of sp³-hybridized carbons (Fsp3) is 0.533. The van der Waals surface area contributed by atoms with E-state index in [1.54, 1.807) is 11.8 Å². The SMILES string of the molecule is C[C@H](OC(=O)CNC(=O)[C@@H](N)CCCCN)C(=O)N1CCC(CCn2c(Sc3cc4c(cc3Br)OCO4)nc3c(N)ncnc32)CC1. The highest BCUT2D eigenvalue weighted by Gasteiger charge is 2.29. The number of nitrogens with zero attached hydrogens (tertiary/aromatic N) is 5. The molecule has 0 aliphatic carbocycles. The van der Waals surface area contributed by atoms with Crippen LogP contribution in [0.15, 0.2) is 33.0 Å². The highest BCUT2D eigenvalue weighted by Crippen LogP contribution is 2.43. The first kappa shape index (κ1) is 34.7. The van der Waals surface area contributed by atoms with Crippen LogP contribution in [0.3, 0.4) is 0 Å². The molecule has 0 spiro atoms. The molecule has 17 heteroatoms. The number of amides is 2. The number of unbranched alkanes of at least 4 members (excludes halogenated alkanes) is 1. The van der Waals surface area contributed by atoms with Crippen LogP contribution in [0.4, 0.5) is 5.82 Å². The smallest absolute Gasteiger partial charge is 0.326 e. The zero-order chi connectivity index (χ0) is 33.5. The number of aryl methyl sites for hydroxylation is 1. The first-order chi connectivity index (χ1) is 22.6. The number of hydrogen-bond donors (Lipinski definition) is 4. The Hall–Kier alpha value is -3.67. The second-order valence-corrected chi connectivity index (χ2v) is 13.4. The molecule has 2 aromatic heterocycles. The number of likely N-dealkylation sites (tertiary alicyclic amines) is 1. The molecule has 0 radical (unpaired) electrons. The van der Waals surface area contributed by atoms with Crippen molar-refractivity contribution in [3.8, 4) is 11.5 Å². The van der Waals surface area contributed by atoms with Crippen LogP contribution in [0.25, 0.3) is 11.2 Å². The van der Waals surface area contributed by atoms with Crippen molar-refractivity contribution in [2.75, 3.05) is 38.7 Å². The monoisotopic (exact) mass is 733 g/mol. The van der Waals surface area contributed by atoms with Gasteiger partial charge in [0.15, 0.2) is 39.7 Å². The van der Waals surface area contributed by atoms with Gasteiger partial charge < -0.3 is 46.2 Å². The standard InChI is InChI=1S/C30H40BrN9O6S/c1-17(46-24(41)14-35-28(42)20(33)4-2-3-8-32)29(43)39-9-5-18(6-10-39)7-11-40-27-25(26(34)36-15-37-27)38-30(40)47-23-13-22-21(12-19(23)31)44-16-45-22/h12-13,15,17-18,20H,2-11,14,16,32-33H2,1H3,(H,35,42)(H2,34,36,37)/t17-,20-/m0/s1. The van der Waals surface area contributed by atoms with E-state index in [0.717, 1.165) is 46.6 Å². The Morgan fingerprint density at radius 3 is 2.66 bits per heavy atom. The predicted molar refractivity (Wildman–Crippen MR) is 177 cm³/mol. The van der Waals surface area contributed by atoms with Gasteiger partial charge in [0.2, 0.25) is 12.7 Å². The number of piperidine rings is 1. The van der Waals surface area contributed by atoms with Gasteiger partial charge in [0.05, 0.1) is 6.04 Å². The third kappa shape index (κ3) is 8.63. The Bertz CT molecular complexity index is 1600. The van der Waals surface area contributed by atoms with Gasteiger partial charge in [0.1, 0.15) is 12.9 Å². The topological polar surface area (TPSA) is 216 Å². The lowest BCUT2D eigenvalue weighted by Crippen LogP contribution is -2.46. The van der Waals surface area contributed by atoms with E-state index in [0.29, 0.717) is 67.0 Å². The normalized spacial score (nSPS) is 15.9. The molecule has 0 saturated carbocycles. The van der Waals surface area contributed by atoms with Gasteiger partial charge in [-0.15, -0.1) is 0 Å². The maximum absolute atomic E-state index is 13.0. The predicted octanol–water partition coefficient (Wildman–Crippen LogP) is 2.18. The summed E-state index contributed by atoms with van der Waals surface area (Å²) in [7, 11) is 0. The second-order valence-electron chi connectivity index (χ2n) is 11.5. The van der Waals surface area contributed by atoms with Gasteiger partial charge in [-0.25, -0.2) is 15.0 Å². The molecule has 1 fully saturated rings. The molecule has 3 aromatic rings. The number of rotatable bonds is 14. The molecule has 0 unspecified atom stereocenters. The number of carbonyl (C=O) groups is 3. The number of esters is 1. The number of ether oxygens (including phenoxy) is 3. The van der Waals surface area contributed by atoms with Gasteiger partial charge in [-0.1, -0.05) is 18.2 Å². The molecule has 254 valence electrons. The summed E-state index contributed by atoms with van der Waals surface area (Å²) < 4.78 is 19.3. The zero-order valence-electron chi connectivity index (χ0n) is 26.2. The molecule has 1 aromatic carbocycles. The van der Waals surface area contributed by atoms with Gasteiger partial charge in [-0.2, -0.15) is 0 Å². The lowest BCUT2D eigenvalue weighted by atomic mass is 9.93. The number of nitrogen functional groups attached to an aromatic ring is 1. The summed E-state index contributed by atoms with van der Waals surface area (Å²) in [5.41, 5.74) is 18.7. The maximum atomic E-state index is 13.0. The van der Waals surface area contributed by atoms with E-state index in [2.05, 4.69) is 35.8 Å². The molecule has 2 aliphatic rings. The Balaban J connectivity index is 1.12. The molecular formula is C30H40BrN9O6S. The summed E-state index contributed by atoms with van der Waals surface area (Å²) in [4.78, 5) is 53.5.